The molecule has 1 unspecified atom stereocenters. The molecule has 0 bridgehead atoms. The summed E-state index contributed by atoms with van der Waals surface area (Å²) in [6, 6.07) is 4.52. The summed E-state index contributed by atoms with van der Waals surface area (Å²) in [4.78, 5) is 0.532. The van der Waals surface area contributed by atoms with E-state index in [-0.39, 0.29) is 12.4 Å². The van der Waals surface area contributed by atoms with Crippen molar-refractivity contribution >= 4 is 11.8 Å². The second-order valence-corrected chi connectivity index (χ2v) is 3.49. The standard InChI is InChI=1S/C9H12FNOS/c1-13-9-4-6(8(12)5-11)2-3-7(9)10/h2-4,8,12H,5,11H2,1H3. The summed E-state index contributed by atoms with van der Waals surface area (Å²) < 4.78 is 13.0. The highest BCUT2D eigenvalue weighted by atomic mass is 32.2. The molecule has 0 spiro atoms. The molecule has 1 atom stereocenters. The molecule has 72 valence electrons. The van der Waals surface area contributed by atoms with Gasteiger partial charge in [-0.25, -0.2) is 4.39 Å². The maximum Gasteiger partial charge on any atom is 0.136 e. The molecular weight excluding hydrogens is 189 g/mol. The molecule has 0 aliphatic rings. The number of halogens is 1. The van der Waals surface area contributed by atoms with Crippen molar-refractivity contribution in [2.75, 3.05) is 12.8 Å². The van der Waals surface area contributed by atoms with Crippen LogP contribution in [0.2, 0.25) is 0 Å². The van der Waals surface area contributed by atoms with Crippen molar-refractivity contribution in [2.45, 2.75) is 11.0 Å². The highest BCUT2D eigenvalue weighted by Crippen LogP contribution is 2.23. The first-order valence-electron chi connectivity index (χ1n) is 3.90. The number of rotatable bonds is 3. The molecule has 0 aromatic heterocycles. The van der Waals surface area contributed by atoms with E-state index in [0.717, 1.165) is 0 Å². The van der Waals surface area contributed by atoms with E-state index in [9.17, 15) is 9.50 Å². The van der Waals surface area contributed by atoms with Crippen molar-refractivity contribution in [2.24, 2.45) is 5.73 Å². The topological polar surface area (TPSA) is 46.2 Å². The van der Waals surface area contributed by atoms with Gasteiger partial charge >= 0.3 is 0 Å². The van der Waals surface area contributed by atoms with Gasteiger partial charge in [0, 0.05) is 11.4 Å². The molecule has 0 fully saturated rings. The Labute approximate surface area is 80.9 Å². The first kappa shape index (κ1) is 10.5. The van der Waals surface area contributed by atoms with Crippen LogP contribution in [-0.2, 0) is 0 Å². The van der Waals surface area contributed by atoms with Crippen LogP contribution in [0.25, 0.3) is 0 Å². The Morgan fingerprint density at radius 2 is 2.31 bits per heavy atom. The Hall–Kier alpha value is -0.580. The summed E-state index contributed by atoms with van der Waals surface area (Å²) in [7, 11) is 0. The van der Waals surface area contributed by atoms with E-state index in [1.165, 1.54) is 17.8 Å². The zero-order valence-electron chi connectivity index (χ0n) is 7.33. The molecule has 0 radical (unpaired) electrons. The minimum absolute atomic E-state index is 0.152. The molecule has 0 aliphatic heterocycles. The summed E-state index contributed by atoms with van der Waals surface area (Å²) in [6.45, 7) is 0.152. The number of thioether (sulfide) groups is 1. The second-order valence-electron chi connectivity index (χ2n) is 2.65. The quantitative estimate of drug-likeness (QED) is 0.729. The van der Waals surface area contributed by atoms with Gasteiger partial charge in [-0.15, -0.1) is 11.8 Å². The molecule has 0 amide bonds. The number of benzene rings is 1. The largest absolute Gasteiger partial charge is 0.387 e. The Morgan fingerprint density at radius 3 is 2.85 bits per heavy atom. The molecule has 13 heavy (non-hydrogen) atoms. The number of aliphatic hydroxyl groups is 1. The minimum Gasteiger partial charge on any atom is -0.387 e. The molecule has 0 saturated heterocycles. The number of hydrogen-bond donors (Lipinski definition) is 2. The van der Waals surface area contributed by atoms with Crippen molar-refractivity contribution in [3.05, 3.63) is 29.6 Å². The van der Waals surface area contributed by atoms with E-state index in [4.69, 9.17) is 5.73 Å². The van der Waals surface area contributed by atoms with E-state index in [2.05, 4.69) is 0 Å². The average molecular weight is 201 g/mol. The third-order valence-electron chi connectivity index (χ3n) is 1.78. The van der Waals surface area contributed by atoms with E-state index >= 15 is 0 Å². The summed E-state index contributed by atoms with van der Waals surface area (Å²) >= 11 is 1.31. The van der Waals surface area contributed by atoms with Gasteiger partial charge in [0.15, 0.2) is 0 Å². The number of hydrogen-bond acceptors (Lipinski definition) is 3. The fourth-order valence-corrected chi connectivity index (χ4v) is 1.54. The molecule has 0 saturated carbocycles. The van der Waals surface area contributed by atoms with Crippen LogP contribution in [0.3, 0.4) is 0 Å². The maximum atomic E-state index is 13.0. The van der Waals surface area contributed by atoms with Crippen molar-refractivity contribution in [1.82, 2.24) is 0 Å². The van der Waals surface area contributed by atoms with Gasteiger partial charge < -0.3 is 10.8 Å². The average Bonchev–Trinajstić information content (AvgIpc) is 2.17. The highest BCUT2D eigenvalue weighted by Gasteiger charge is 2.08. The molecule has 1 aromatic rings. The second kappa shape index (κ2) is 4.60. The fourth-order valence-electron chi connectivity index (χ4n) is 1.02. The lowest BCUT2D eigenvalue weighted by molar-refractivity contribution is 0.186. The maximum absolute atomic E-state index is 13.0. The predicted octanol–water partition coefficient (Wildman–Crippen LogP) is 1.54. The Kier molecular flexibility index (Phi) is 3.71. The van der Waals surface area contributed by atoms with Gasteiger partial charge in [-0.3, -0.25) is 0 Å². The molecule has 1 rings (SSSR count). The summed E-state index contributed by atoms with van der Waals surface area (Å²) in [5, 5.41) is 9.38. The van der Waals surface area contributed by atoms with Gasteiger partial charge in [0.2, 0.25) is 0 Å². The fraction of sp³-hybridized carbons (Fsp3) is 0.333. The molecule has 1 aromatic carbocycles. The lowest BCUT2D eigenvalue weighted by Gasteiger charge is -2.09. The third kappa shape index (κ3) is 2.43. The first-order chi connectivity index (χ1) is 6.19. The smallest absolute Gasteiger partial charge is 0.136 e. The predicted molar refractivity (Wildman–Crippen MR) is 52.2 cm³/mol. The normalized spacial score (nSPS) is 12.9. The van der Waals surface area contributed by atoms with Crippen LogP contribution in [0.15, 0.2) is 23.1 Å². The van der Waals surface area contributed by atoms with Gasteiger partial charge in [-0.2, -0.15) is 0 Å². The van der Waals surface area contributed by atoms with E-state index in [1.54, 1.807) is 18.4 Å². The molecule has 0 heterocycles. The van der Waals surface area contributed by atoms with Gasteiger partial charge in [-0.1, -0.05) is 6.07 Å². The van der Waals surface area contributed by atoms with Crippen LogP contribution >= 0.6 is 11.8 Å². The van der Waals surface area contributed by atoms with Gasteiger partial charge in [0.05, 0.1) is 6.10 Å². The van der Waals surface area contributed by atoms with Crippen molar-refractivity contribution in [3.63, 3.8) is 0 Å². The SMILES string of the molecule is CSc1cc(C(O)CN)ccc1F. The summed E-state index contributed by atoms with van der Waals surface area (Å²) in [5.74, 6) is -0.263. The molecular formula is C9H12FNOS. The van der Waals surface area contributed by atoms with E-state index < -0.39 is 6.10 Å². The minimum atomic E-state index is -0.702. The summed E-state index contributed by atoms with van der Waals surface area (Å²) in [6.07, 6.45) is 1.09. The number of nitrogens with two attached hydrogens (primary N) is 1. The lowest BCUT2D eigenvalue weighted by Crippen LogP contribution is -2.11. The first-order valence-corrected chi connectivity index (χ1v) is 5.13. The van der Waals surface area contributed by atoms with Crippen LogP contribution in [0, 0.1) is 5.82 Å². The lowest BCUT2D eigenvalue weighted by atomic mass is 10.1. The van der Waals surface area contributed by atoms with Gasteiger partial charge in [0.1, 0.15) is 5.82 Å². The molecule has 0 aliphatic carbocycles. The van der Waals surface area contributed by atoms with Crippen molar-refractivity contribution < 1.29 is 9.50 Å². The monoisotopic (exact) mass is 201 g/mol. The van der Waals surface area contributed by atoms with Crippen molar-refractivity contribution in [1.29, 1.82) is 0 Å². The Bertz CT molecular complexity index is 293. The zero-order chi connectivity index (χ0) is 9.84. The Balaban J connectivity index is 2.99. The van der Waals surface area contributed by atoms with E-state index in [1.807, 2.05) is 0 Å². The Morgan fingerprint density at radius 1 is 1.62 bits per heavy atom. The number of aliphatic hydroxyl groups excluding tert-OH is 1. The molecule has 2 nitrogen and oxygen atoms in total. The molecule has 3 N–H and O–H groups in total. The zero-order valence-corrected chi connectivity index (χ0v) is 8.14. The summed E-state index contributed by atoms with van der Waals surface area (Å²) in [5.41, 5.74) is 5.94. The molecule has 4 heteroatoms. The van der Waals surface area contributed by atoms with Crippen LogP contribution in [0.1, 0.15) is 11.7 Å². The van der Waals surface area contributed by atoms with Crippen LogP contribution in [0.4, 0.5) is 4.39 Å². The van der Waals surface area contributed by atoms with Gasteiger partial charge in [-0.05, 0) is 24.0 Å². The van der Waals surface area contributed by atoms with Gasteiger partial charge in [0.25, 0.3) is 0 Å². The third-order valence-corrected chi connectivity index (χ3v) is 2.54. The highest BCUT2D eigenvalue weighted by molar-refractivity contribution is 7.98. The van der Waals surface area contributed by atoms with E-state index in [0.29, 0.717) is 10.5 Å². The van der Waals surface area contributed by atoms with Crippen LogP contribution < -0.4 is 5.73 Å². The van der Waals surface area contributed by atoms with Crippen LogP contribution in [-0.4, -0.2) is 17.9 Å². The van der Waals surface area contributed by atoms with Crippen LogP contribution in [0.5, 0.6) is 0 Å². The van der Waals surface area contributed by atoms with Crippen molar-refractivity contribution in [3.8, 4) is 0 Å².